The maximum Gasteiger partial charge on any atom is 0.253 e. The SMILES string of the molecule is CCN(CCCBr)C(=O)c1cccc(O)c1. The van der Waals surface area contributed by atoms with Crippen LogP contribution in [0, 0.1) is 0 Å². The zero-order chi connectivity index (χ0) is 12.0. The van der Waals surface area contributed by atoms with E-state index >= 15 is 0 Å². The third-order valence-corrected chi connectivity index (χ3v) is 2.88. The predicted molar refractivity (Wildman–Crippen MR) is 68.1 cm³/mol. The summed E-state index contributed by atoms with van der Waals surface area (Å²) in [7, 11) is 0. The van der Waals surface area contributed by atoms with Crippen LogP contribution in [0.3, 0.4) is 0 Å². The van der Waals surface area contributed by atoms with Gasteiger partial charge in [0.25, 0.3) is 5.91 Å². The van der Waals surface area contributed by atoms with Crippen LogP contribution in [0.5, 0.6) is 5.75 Å². The summed E-state index contributed by atoms with van der Waals surface area (Å²) in [5.74, 6) is 0.0988. The van der Waals surface area contributed by atoms with Crippen molar-refractivity contribution in [3.05, 3.63) is 29.8 Å². The molecule has 0 aromatic heterocycles. The van der Waals surface area contributed by atoms with E-state index in [9.17, 15) is 9.90 Å². The van der Waals surface area contributed by atoms with Gasteiger partial charge in [0.1, 0.15) is 5.75 Å². The van der Waals surface area contributed by atoms with Crippen molar-refractivity contribution in [1.82, 2.24) is 4.90 Å². The molecular weight excluding hydrogens is 270 g/mol. The minimum atomic E-state index is -0.0284. The molecule has 88 valence electrons. The number of hydrogen-bond acceptors (Lipinski definition) is 2. The fourth-order valence-corrected chi connectivity index (χ4v) is 1.73. The highest BCUT2D eigenvalue weighted by atomic mass is 79.9. The number of carbonyl (C=O) groups is 1. The van der Waals surface area contributed by atoms with Gasteiger partial charge in [-0.05, 0) is 31.5 Å². The first-order valence-corrected chi connectivity index (χ1v) is 6.45. The van der Waals surface area contributed by atoms with Gasteiger partial charge in [0.2, 0.25) is 0 Å². The monoisotopic (exact) mass is 285 g/mol. The largest absolute Gasteiger partial charge is 0.508 e. The van der Waals surface area contributed by atoms with Crippen LogP contribution in [-0.4, -0.2) is 34.3 Å². The maximum absolute atomic E-state index is 12.0. The third kappa shape index (κ3) is 3.52. The van der Waals surface area contributed by atoms with Crippen LogP contribution < -0.4 is 0 Å². The van der Waals surface area contributed by atoms with Crippen molar-refractivity contribution in [2.45, 2.75) is 13.3 Å². The lowest BCUT2D eigenvalue weighted by Crippen LogP contribution is -2.31. The Morgan fingerprint density at radius 1 is 1.50 bits per heavy atom. The molecule has 0 saturated carbocycles. The number of halogens is 1. The molecule has 1 rings (SSSR count). The summed E-state index contributed by atoms with van der Waals surface area (Å²) in [4.78, 5) is 13.8. The molecule has 0 radical (unpaired) electrons. The van der Waals surface area contributed by atoms with E-state index in [2.05, 4.69) is 15.9 Å². The Balaban J connectivity index is 2.74. The molecule has 0 aliphatic rings. The molecule has 0 unspecified atom stereocenters. The zero-order valence-electron chi connectivity index (χ0n) is 9.32. The number of phenols is 1. The maximum atomic E-state index is 12.0. The van der Waals surface area contributed by atoms with Crippen molar-refractivity contribution in [3.8, 4) is 5.75 Å². The van der Waals surface area contributed by atoms with Gasteiger partial charge in [-0.1, -0.05) is 22.0 Å². The van der Waals surface area contributed by atoms with Crippen molar-refractivity contribution in [2.24, 2.45) is 0 Å². The number of aromatic hydroxyl groups is 1. The van der Waals surface area contributed by atoms with Gasteiger partial charge in [0, 0.05) is 24.0 Å². The summed E-state index contributed by atoms with van der Waals surface area (Å²) in [6.07, 6.45) is 0.929. The Bertz CT molecular complexity index is 355. The Morgan fingerprint density at radius 3 is 2.81 bits per heavy atom. The fraction of sp³-hybridized carbons (Fsp3) is 0.417. The predicted octanol–water partition coefficient (Wildman–Crippen LogP) is 2.64. The van der Waals surface area contributed by atoms with E-state index in [4.69, 9.17) is 0 Å². The highest BCUT2D eigenvalue weighted by Gasteiger charge is 2.13. The molecule has 0 aliphatic heterocycles. The number of amides is 1. The summed E-state index contributed by atoms with van der Waals surface area (Å²) >= 11 is 3.35. The van der Waals surface area contributed by atoms with E-state index < -0.39 is 0 Å². The van der Waals surface area contributed by atoms with E-state index in [1.54, 1.807) is 23.1 Å². The molecule has 0 heterocycles. The number of rotatable bonds is 5. The second kappa shape index (κ2) is 6.53. The lowest BCUT2D eigenvalue weighted by molar-refractivity contribution is 0.0764. The highest BCUT2D eigenvalue weighted by Crippen LogP contribution is 2.13. The minimum absolute atomic E-state index is 0.0284. The molecule has 0 atom stereocenters. The molecule has 1 amide bonds. The van der Waals surface area contributed by atoms with Crippen molar-refractivity contribution in [2.75, 3.05) is 18.4 Å². The van der Waals surface area contributed by atoms with Crippen LogP contribution in [0.1, 0.15) is 23.7 Å². The fourth-order valence-electron chi connectivity index (χ4n) is 1.48. The van der Waals surface area contributed by atoms with Crippen LogP contribution in [-0.2, 0) is 0 Å². The van der Waals surface area contributed by atoms with Crippen LogP contribution in [0.2, 0.25) is 0 Å². The molecule has 1 N–H and O–H groups in total. The van der Waals surface area contributed by atoms with Gasteiger partial charge in [-0.25, -0.2) is 0 Å². The van der Waals surface area contributed by atoms with E-state index in [0.717, 1.165) is 18.3 Å². The van der Waals surface area contributed by atoms with Gasteiger partial charge in [-0.15, -0.1) is 0 Å². The molecule has 1 aromatic carbocycles. The summed E-state index contributed by atoms with van der Waals surface area (Å²) in [6.45, 7) is 3.37. The first-order chi connectivity index (χ1) is 7.69. The normalized spacial score (nSPS) is 10.1. The molecule has 0 bridgehead atoms. The highest BCUT2D eigenvalue weighted by molar-refractivity contribution is 9.09. The van der Waals surface area contributed by atoms with Crippen molar-refractivity contribution in [3.63, 3.8) is 0 Å². The second-order valence-electron chi connectivity index (χ2n) is 3.48. The molecule has 0 spiro atoms. The molecule has 1 aromatic rings. The van der Waals surface area contributed by atoms with Gasteiger partial charge in [-0.2, -0.15) is 0 Å². The quantitative estimate of drug-likeness (QED) is 0.845. The van der Waals surface area contributed by atoms with Crippen LogP contribution in [0.4, 0.5) is 0 Å². The minimum Gasteiger partial charge on any atom is -0.508 e. The number of carbonyl (C=O) groups excluding carboxylic acids is 1. The van der Waals surface area contributed by atoms with Crippen LogP contribution in [0.25, 0.3) is 0 Å². The Morgan fingerprint density at radius 2 is 2.25 bits per heavy atom. The summed E-state index contributed by atoms with van der Waals surface area (Å²) in [5, 5.41) is 10.2. The third-order valence-electron chi connectivity index (χ3n) is 2.32. The number of alkyl halides is 1. The number of phenolic OH excluding ortho intramolecular Hbond substituents is 1. The van der Waals surface area contributed by atoms with Crippen LogP contribution >= 0.6 is 15.9 Å². The molecule has 0 fully saturated rings. The molecule has 3 nitrogen and oxygen atoms in total. The first-order valence-electron chi connectivity index (χ1n) is 5.33. The average molecular weight is 286 g/mol. The lowest BCUT2D eigenvalue weighted by Gasteiger charge is -2.20. The first kappa shape index (κ1) is 13.0. The molecule has 4 heteroatoms. The standard InChI is InChI=1S/C12H16BrNO2/c1-2-14(8-4-7-13)12(16)10-5-3-6-11(15)9-10/h3,5-6,9,15H,2,4,7-8H2,1H3. The van der Waals surface area contributed by atoms with Gasteiger partial charge in [0.05, 0.1) is 0 Å². The Labute approximate surface area is 104 Å². The average Bonchev–Trinajstić information content (AvgIpc) is 2.29. The topological polar surface area (TPSA) is 40.5 Å². The number of nitrogens with zero attached hydrogens (tertiary/aromatic N) is 1. The molecule has 0 aliphatic carbocycles. The van der Waals surface area contributed by atoms with Crippen molar-refractivity contribution in [1.29, 1.82) is 0 Å². The van der Waals surface area contributed by atoms with E-state index in [-0.39, 0.29) is 11.7 Å². The van der Waals surface area contributed by atoms with Crippen LogP contribution in [0.15, 0.2) is 24.3 Å². The summed E-state index contributed by atoms with van der Waals surface area (Å²) in [6, 6.07) is 6.46. The lowest BCUT2D eigenvalue weighted by atomic mass is 10.2. The molecule has 16 heavy (non-hydrogen) atoms. The van der Waals surface area contributed by atoms with Gasteiger partial charge in [0.15, 0.2) is 0 Å². The van der Waals surface area contributed by atoms with E-state index in [1.165, 1.54) is 6.07 Å². The van der Waals surface area contributed by atoms with E-state index in [1.807, 2.05) is 6.92 Å². The van der Waals surface area contributed by atoms with Gasteiger partial charge < -0.3 is 10.0 Å². The smallest absolute Gasteiger partial charge is 0.253 e. The van der Waals surface area contributed by atoms with E-state index in [0.29, 0.717) is 12.1 Å². The molecular formula is C12H16BrNO2. The van der Waals surface area contributed by atoms with Crippen molar-refractivity contribution < 1.29 is 9.90 Å². The second-order valence-corrected chi connectivity index (χ2v) is 4.27. The molecule has 0 saturated heterocycles. The summed E-state index contributed by atoms with van der Waals surface area (Å²) < 4.78 is 0. The Hall–Kier alpha value is -1.03. The number of hydrogen-bond donors (Lipinski definition) is 1. The van der Waals surface area contributed by atoms with Gasteiger partial charge >= 0.3 is 0 Å². The summed E-state index contributed by atoms with van der Waals surface area (Å²) in [5.41, 5.74) is 0.538. The zero-order valence-corrected chi connectivity index (χ0v) is 10.9. The van der Waals surface area contributed by atoms with Crippen molar-refractivity contribution >= 4 is 21.8 Å². The van der Waals surface area contributed by atoms with Gasteiger partial charge in [-0.3, -0.25) is 4.79 Å². The Kier molecular flexibility index (Phi) is 5.32. The number of benzene rings is 1.